The lowest BCUT2D eigenvalue weighted by molar-refractivity contribution is 0.0597. The predicted molar refractivity (Wildman–Crippen MR) is 124 cm³/mol. The monoisotopic (exact) mass is 407 g/mol. The van der Waals surface area contributed by atoms with Crippen LogP contribution in [0, 0.1) is 0 Å². The number of aromatic nitrogens is 1. The van der Waals surface area contributed by atoms with Gasteiger partial charge < -0.3 is 4.90 Å². The second-order valence-corrected chi connectivity index (χ2v) is 7.97. The fourth-order valence-corrected chi connectivity index (χ4v) is 4.44. The van der Waals surface area contributed by atoms with Crippen LogP contribution in [0.4, 0.5) is 0 Å². The molecule has 1 saturated heterocycles. The van der Waals surface area contributed by atoms with Gasteiger partial charge in [-0.2, -0.15) is 0 Å². The van der Waals surface area contributed by atoms with Crippen molar-refractivity contribution in [3.05, 3.63) is 114 Å². The van der Waals surface area contributed by atoms with E-state index in [4.69, 9.17) is 0 Å². The Labute approximate surface area is 182 Å². The van der Waals surface area contributed by atoms with Gasteiger partial charge >= 0.3 is 0 Å². The van der Waals surface area contributed by atoms with Crippen molar-refractivity contribution in [3.63, 3.8) is 0 Å². The summed E-state index contributed by atoms with van der Waals surface area (Å²) in [5, 5.41) is 1.00. The third-order valence-corrected chi connectivity index (χ3v) is 6.03. The van der Waals surface area contributed by atoms with Crippen LogP contribution in [0.1, 0.15) is 27.5 Å². The minimum Gasteiger partial charge on any atom is -0.336 e. The van der Waals surface area contributed by atoms with Crippen molar-refractivity contribution in [1.29, 1.82) is 0 Å². The SMILES string of the molecule is O=C(c1cnc2ccccc2c1)N1CCN(C(c2ccccc2)c2ccccc2)CC1. The second kappa shape index (κ2) is 8.70. The lowest BCUT2D eigenvalue weighted by atomic mass is 9.96. The molecule has 154 valence electrons. The van der Waals surface area contributed by atoms with E-state index in [1.165, 1.54) is 11.1 Å². The van der Waals surface area contributed by atoms with Crippen LogP contribution in [-0.4, -0.2) is 46.9 Å². The summed E-state index contributed by atoms with van der Waals surface area (Å²) in [4.78, 5) is 22.0. The molecule has 4 nitrogen and oxygen atoms in total. The number of rotatable bonds is 4. The molecule has 0 atom stereocenters. The molecule has 0 bridgehead atoms. The van der Waals surface area contributed by atoms with E-state index < -0.39 is 0 Å². The maximum Gasteiger partial charge on any atom is 0.255 e. The second-order valence-electron chi connectivity index (χ2n) is 7.97. The Kier molecular flexibility index (Phi) is 5.46. The van der Waals surface area contributed by atoms with Gasteiger partial charge in [0.25, 0.3) is 5.91 Å². The molecule has 1 aliphatic rings. The number of amides is 1. The maximum atomic E-state index is 13.1. The zero-order valence-electron chi connectivity index (χ0n) is 17.4. The minimum atomic E-state index is 0.0638. The molecule has 1 aliphatic heterocycles. The average molecular weight is 408 g/mol. The zero-order chi connectivity index (χ0) is 21.0. The summed E-state index contributed by atoms with van der Waals surface area (Å²) in [6.07, 6.45) is 1.70. The highest BCUT2D eigenvalue weighted by Crippen LogP contribution is 2.29. The van der Waals surface area contributed by atoms with E-state index in [0.717, 1.165) is 24.0 Å². The molecule has 2 heterocycles. The van der Waals surface area contributed by atoms with Gasteiger partial charge in [0, 0.05) is 37.8 Å². The molecule has 4 heteroatoms. The normalized spacial score (nSPS) is 14.8. The first-order valence-corrected chi connectivity index (χ1v) is 10.8. The van der Waals surface area contributed by atoms with E-state index in [1.807, 2.05) is 35.2 Å². The Bertz CT molecular complexity index is 1130. The summed E-state index contributed by atoms with van der Waals surface area (Å²) in [7, 11) is 0. The van der Waals surface area contributed by atoms with Crippen LogP contribution < -0.4 is 0 Å². The minimum absolute atomic E-state index is 0.0638. The fraction of sp³-hybridized carbons (Fsp3) is 0.185. The Morgan fingerprint density at radius 2 is 1.32 bits per heavy atom. The number of carbonyl (C=O) groups is 1. The lowest BCUT2D eigenvalue weighted by Crippen LogP contribution is -2.49. The van der Waals surface area contributed by atoms with Crippen molar-refractivity contribution in [2.24, 2.45) is 0 Å². The molecule has 3 aromatic carbocycles. The molecule has 0 unspecified atom stereocenters. The third kappa shape index (κ3) is 4.07. The molecule has 0 radical (unpaired) electrons. The molecule has 0 spiro atoms. The summed E-state index contributed by atoms with van der Waals surface area (Å²) >= 11 is 0. The number of piperazine rings is 1. The van der Waals surface area contributed by atoms with Crippen molar-refractivity contribution < 1.29 is 4.79 Å². The standard InChI is InChI=1S/C27H25N3O/c31-27(24-19-23-13-7-8-14-25(23)28-20-24)30-17-15-29(16-18-30)26(21-9-3-1-4-10-21)22-11-5-2-6-12-22/h1-14,19-20,26H,15-18H2. The summed E-state index contributed by atoms with van der Waals surface area (Å²) in [5.74, 6) is 0.0638. The van der Waals surface area contributed by atoms with E-state index >= 15 is 0 Å². The Hall–Kier alpha value is -3.50. The molecule has 1 fully saturated rings. The molecule has 4 aromatic rings. The van der Waals surface area contributed by atoms with Crippen LogP contribution >= 0.6 is 0 Å². The summed E-state index contributed by atoms with van der Waals surface area (Å²) in [6, 6.07) is 31.3. The number of nitrogens with zero attached hydrogens (tertiary/aromatic N) is 3. The van der Waals surface area contributed by atoms with Crippen LogP contribution in [0.2, 0.25) is 0 Å². The zero-order valence-corrected chi connectivity index (χ0v) is 17.4. The third-order valence-electron chi connectivity index (χ3n) is 6.03. The molecular formula is C27H25N3O. The highest BCUT2D eigenvalue weighted by molar-refractivity contribution is 5.97. The highest BCUT2D eigenvalue weighted by Gasteiger charge is 2.28. The van der Waals surface area contributed by atoms with Gasteiger partial charge in [-0.25, -0.2) is 0 Å². The van der Waals surface area contributed by atoms with Gasteiger partial charge in [-0.05, 0) is 23.3 Å². The topological polar surface area (TPSA) is 36.4 Å². The number of para-hydroxylation sites is 1. The van der Waals surface area contributed by atoms with Crippen molar-refractivity contribution in [1.82, 2.24) is 14.8 Å². The summed E-state index contributed by atoms with van der Waals surface area (Å²) in [6.45, 7) is 3.09. The average Bonchev–Trinajstić information content (AvgIpc) is 2.85. The van der Waals surface area contributed by atoms with E-state index in [0.29, 0.717) is 18.7 Å². The van der Waals surface area contributed by atoms with Gasteiger partial charge in [-0.15, -0.1) is 0 Å². The van der Waals surface area contributed by atoms with Crippen molar-refractivity contribution in [3.8, 4) is 0 Å². The van der Waals surface area contributed by atoms with Crippen LogP contribution in [-0.2, 0) is 0 Å². The van der Waals surface area contributed by atoms with E-state index in [9.17, 15) is 4.79 Å². The number of hydrogen-bond donors (Lipinski definition) is 0. The fourth-order valence-electron chi connectivity index (χ4n) is 4.44. The number of pyridine rings is 1. The van der Waals surface area contributed by atoms with Gasteiger partial charge in [0.05, 0.1) is 17.1 Å². The summed E-state index contributed by atoms with van der Waals surface area (Å²) < 4.78 is 0. The molecule has 1 amide bonds. The van der Waals surface area contributed by atoms with Crippen molar-refractivity contribution >= 4 is 16.8 Å². The van der Waals surface area contributed by atoms with Crippen LogP contribution in [0.25, 0.3) is 10.9 Å². The number of hydrogen-bond acceptors (Lipinski definition) is 3. The Morgan fingerprint density at radius 3 is 1.97 bits per heavy atom. The number of fused-ring (bicyclic) bond motifs is 1. The molecule has 1 aromatic heterocycles. The molecule has 0 N–H and O–H groups in total. The quantitative estimate of drug-likeness (QED) is 0.488. The van der Waals surface area contributed by atoms with Gasteiger partial charge in [0.15, 0.2) is 0 Å². The van der Waals surface area contributed by atoms with Crippen LogP contribution in [0.3, 0.4) is 0 Å². The summed E-state index contributed by atoms with van der Waals surface area (Å²) in [5.41, 5.74) is 4.15. The smallest absolute Gasteiger partial charge is 0.255 e. The van der Waals surface area contributed by atoms with E-state index in [1.54, 1.807) is 6.20 Å². The Balaban J connectivity index is 1.34. The number of carbonyl (C=O) groups excluding carboxylic acids is 1. The largest absolute Gasteiger partial charge is 0.336 e. The first-order chi connectivity index (χ1) is 15.3. The highest BCUT2D eigenvalue weighted by atomic mass is 16.2. The van der Waals surface area contributed by atoms with Gasteiger partial charge in [0.2, 0.25) is 0 Å². The maximum absolute atomic E-state index is 13.1. The first-order valence-electron chi connectivity index (χ1n) is 10.8. The van der Waals surface area contributed by atoms with Gasteiger partial charge in [-0.1, -0.05) is 78.9 Å². The van der Waals surface area contributed by atoms with Crippen molar-refractivity contribution in [2.45, 2.75) is 6.04 Å². The molecule has 0 saturated carbocycles. The predicted octanol–water partition coefficient (Wildman–Crippen LogP) is 4.78. The van der Waals surface area contributed by atoms with E-state index in [2.05, 4.69) is 70.5 Å². The molecule has 5 rings (SSSR count). The van der Waals surface area contributed by atoms with Gasteiger partial charge in [-0.3, -0.25) is 14.7 Å². The van der Waals surface area contributed by atoms with Crippen LogP contribution in [0.15, 0.2) is 97.2 Å². The molecule has 0 aliphatic carbocycles. The lowest BCUT2D eigenvalue weighted by Gasteiger charge is -2.39. The molecular weight excluding hydrogens is 382 g/mol. The molecule has 31 heavy (non-hydrogen) atoms. The van der Waals surface area contributed by atoms with E-state index in [-0.39, 0.29) is 11.9 Å². The van der Waals surface area contributed by atoms with Gasteiger partial charge in [0.1, 0.15) is 0 Å². The Morgan fingerprint density at radius 1 is 0.742 bits per heavy atom. The number of benzene rings is 3. The first kappa shape index (κ1) is 19.5. The van der Waals surface area contributed by atoms with Crippen LogP contribution in [0.5, 0.6) is 0 Å². The van der Waals surface area contributed by atoms with Crippen molar-refractivity contribution in [2.75, 3.05) is 26.2 Å².